The van der Waals surface area contributed by atoms with Crippen molar-refractivity contribution in [3.05, 3.63) is 71.8 Å². The molecule has 0 N–H and O–H groups in total. The lowest BCUT2D eigenvalue weighted by Crippen LogP contribution is -2.60. The first-order valence-corrected chi connectivity index (χ1v) is 9.51. The Kier molecular flexibility index (Phi) is 5.15. The maximum absolute atomic E-state index is 6.24. The highest BCUT2D eigenvalue weighted by molar-refractivity contribution is 6.97. The van der Waals surface area contributed by atoms with E-state index in [-0.39, 0.29) is 0 Å². The summed E-state index contributed by atoms with van der Waals surface area (Å²) in [6, 6.07) is 22.4. The number of rotatable bonds is 5. The Hall–Kier alpha value is -1.64. The molecular weight excluding hydrogens is 272 g/mol. The van der Waals surface area contributed by atoms with Crippen LogP contribution in [0.25, 0.3) is 0 Å². The van der Waals surface area contributed by atoms with Crippen molar-refractivity contribution in [3.63, 3.8) is 0 Å². The van der Waals surface area contributed by atoms with Crippen LogP contribution in [0, 0.1) is 0 Å². The molecule has 0 aromatic heterocycles. The summed E-state index contributed by atoms with van der Waals surface area (Å²) in [7, 11) is -0.340. The molecule has 21 heavy (non-hydrogen) atoms. The highest BCUT2D eigenvalue weighted by atomic mass is 28.4. The fourth-order valence-corrected chi connectivity index (χ4v) is 6.56. The summed E-state index contributed by atoms with van der Waals surface area (Å²) in [6.45, 7) is 6.59. The van der Waals surface area contributed by atoms with Crippen LogP contribution in [0.2, 0.25) is 6.04 Å². The number of allylic oxidation sites excluding steroid dienone is 2. The molecule has 0 bridgehead atoms. The molecule has 0 amide bonds. The van der Waals surface area contributed by atoms with Gasteiger partial charge in [0.1, 0.15) is 0 Å². The van der Waals surface area contributed by atoms with E-state index in [0.717, 1.165) is 6.04 Å². The third kappa shape index (κ3) is 3.34. The van der Waals surface area contributed by atoms with Crippen LogP contribution in [0.1, 0.15) is 20.8 Å². The number of hydrogen-bond acceptors (Lipinski definition) is 1. The molecule has 0 aliphatic carbocycles. The maximum Gasteiger partial charge on any atom is 0.259 e. The SMILES string of the molecule is CO[Si](CC(C)=C(C)C)(c1ccccc1)c1ccccc1. The largest absolute Gasteiger partial charge is 0.411 e. The summed E-state index contributed by atoms with van der Waals surface area (Å²) >= 11 is 0. The van der Waals surface area contributed by atoms with Crippen LogP contribution in [0.4, 0.5) is 0 Å². The van der Waals surface area contributed by atoms with Gasteiger partial charge in [0.2, 0.25) is 0 Å². The van der Waals surface area contributed by atoms with Crippen molar-refractivity contribution in [2.24, 2.45) is 0 Å². The van der Waals surface area contributed by atoms with Gasteiger partial charge in [-0.15, -0.1) is 0 Å². The second-order valence-electron chi connectivity index (χ2n) is 5.72. The molecule has 2 aromatic rings. The van der Waals surface area contributed by atoms with Gasteiger partial charge in [0.15, 0.2) is 0 Å². The summed E-state index contributed by atoms with van der Waals surface area (Å²) in [5.74, 6) is 0. The van der Waals surface area contributed by atoms with Crippen LogP contribution in [0.15, 0.2) is 71.8 Å². The zero-order valence-electron chi connectivity index (χ0n) is 13.4. The highest BCUT2D eigenvalue weighted by Crippen LogP contribution is 2.20. The van der Waals surface area contributed by atoms with Gasteiger partial charge in [0.25, 0.3) is 8.32 Å². The van der Waals surface area contributed by atoms with Gasteiger partial charge in [-0.1, -0.05) is 71.8 Å². The maximum atomic E-state index is 6.24. The Morgan fingerprint density at radius 1 is 0.810 bits per heavy atom. The number of benzene rings is 2. The summed E-state index contributed by atoms with van der Waals surface area (Å²) < 4.78 is 6.24. The van der Waals surface area contributed by atoms with Crippen LogP contribution in [-0.2, 0) is 4.43 Å². The van der Waals surface area contributed by atoms with E-state index in [9.17, 15) is 0 Å². The van der Waals surface area contributed by atoms with Crippen molar-refractivity contribution < 1.29 is 4.43 Å². The predicted octanol–water partition coefficient (Wildman–Crippen LogP) is 3.75. The molecule has 0 saturated heterocycles. The van der Waals surface area contributed by atoms with Gasteiger partial charge in [-0.25, -0.2) is 0 Å². The van der Waals surface area contributed by atoms with Crippen LogP contribution < -0.4 is 10.4 Å². The van der Waals surface area contributed by atoms with E-state index in [1.807, 2.05) is 7.11 Å². The van der Waals surface area contributed by atoms with Crippen molar-refractivity contribution in [1.82, 2.24) is 0 Å². The molecule has 0 aliphatic rings. The van der Waals surface area contributed by atoms with Gasteiger partial charge >= 0.3 is 0 Å². The molecule has 2 rings (SSSR count). The Morgan fingerprint density at radius 2 is 1.24 bits per heavy atom. The van der Waals surface area contributed by atoms with Gasteiger partial charge in [-0.3, -0.25) is 0 Å². The minimum absolute atomic E-state index is 1.000. The normalized spacial score (nSPS) is 11.2. The first kappa shape index (κ1) is 15.7. The van der Waals surface area contributed by atoms with E-state index in [1.54, 1.807) is 0 Å². The van der Waals surface area contributed by atoms with Gasteiger partial charge < -0.3 is 4.43 Å². The van der Waals surface area contributed by atoms with Crippen LogP contribution in [0.5, 0.6) is 0 Å². The highest BCUT2D eigenvalue weighted by Gasteiger charge is 2.38. The standard InChI is InChI=1S/C19H24OSi/c1-16(2)17(3)15-21(20-4,18-11-7-5-8-12-18)19-13-9-6-10-14-19/h5-14H,15H2,1-4H3. The van der Waals surface area contributed by atoms with Crippen molar-refractivity contribution in [2.45, 2.75) is 26.8 Å². The summed E-state index contributed by atoms with van der Waals surface area (Å²) in [6.07, 6.45) is 0. The minimum atomic E-state index is -2.21. The average Bonchev–Trinajstić information content (AvgIpc) is 2.54. The van der Waals surface area contributed by atoms with Crippen molar-refractivity contribution in [1.29, 1.82) is 0 Å². The van der Waals surface area contributed by atoms with Crippen molar-refractivity contribution >= 4 is 18.7 Å². The number of hydrogen-bond donors (Lipinski definition) is 0. The van der Waals surface area contributed by atoms with E-state index in [2.05, 4.69) is 81.4 Å². The Labute approximate surface area is 129 Å². The first-order valence-electron chi connectivity index (χ1n) is 7.39. The lowest BCUT2D eigenvalue weighted by Gasteiger charge is -2.31. The van der Waals surface area contributed by atoms with Crippen LogP contribution >= 0.6 is 0 Å². The fourth-order valence-electron chi connectivity index (χ4n) is 2.64. The summed E-state index contributed by atoms with van der Waals surface area (Å²) in [4.78, 5) is 0. The molecule has 0 spiro atoms. The Balaban J connectivity index is 2.60. The van der Waals surface area contributed by atoms with Crippen LogP contribution in [0.3, 0.4) is 0 Å². The van der Waals surface area contributed by atoms with E-state index in [4.69, 9.17) is 4.43 Å². The minimum Gasteiger partial charge on any atom is -0.411 e. The van der Waals surface area contributed by atoms with Gasteiger partial charge in [0.05, 0.1) is 0 Å². The topological polar surface area (TPSA) is 9.23 Å². The van der Waals surface area contributed by atoms with Crippen molar-refractivity contribution in [2.75, 3.05) is 7.11 Å². The van der Waals surface area contributed by atoms with Crippen molar-refractivity contribution in [3.8, 4) is 0 Å². The molecule has 2 aromatic carbocycles. The van der Waals surface area contributed by atoms with Gasteiger partial charge in [-0.2, -0.15) is 0 Å². The van der Waals surface area contributed by atoms with E-state index in [1.165, 1.54) is 21.5 Å². The first-order chi connectivity index (χ1) is 10.1. The molecular formula is C19H24OSi. The molecule has 2 heteroatoms. The lowest BCUT2D eigenvalue weighted by molar-refractivity contribution is 0.417. The average molecular weight is 296 g/mol. The summed E-state index contributed by atoms with van der Waals surface area (Å²) in [5, 5.41) is 2.67. The fraction of sp³-hybridized carbons (Fsp3) is 0.263. The third-order valence-corrected chi connectivity index (χ3v) is 8.45. The van der Waals surface area contributed by atoms with E-state index < -0.39 is 8.32 Å². The van der Waals surface area contributed by atoms with E-state index >= 15 is 0 Å². The molecule has 0 fully saturated rings. The molecule has 1 nitrogen and oxygen atoms in total. The second-order valence-corrected chi connectivity index (χ2v) is 9.29. The molecule has 0 radical (unpaired) electrons. The van der Waals surface area contributed by atoms with E-state index in [0.29, 0.717) is 0 Å². The molecule has 0 aliphatic heterocycles. The zero-order valence-corrected chi connectivity index (χ0v) is 14.4. The molecule has 0 atom stereocenters. The zero-order chi connectivity index (χ0) is 15.3. The molecule has 110 valence electrons. The second kappa shape index (κ2) is 6.88. The molecule has 0 unspecified atom stereocenters. The van der Waals surface area contributed by atoms with Crippen LogP contribution in [-0.4, -0.2) is 15.4 Å². The molecule has 0 saturated carbocycles. The monoisotopic (exact) mass is 296 g/mol. The smallest absolute Gasteiger partial charge is 0.259 e. The lowest BCUT2D eigenvalue weighted by atomic mass is 10.2. The third-order valence-electron chi connectivity index (χ3n) is 4.20. The molecule has 0 heterocycles. The summed E-state index contributed by atoms with van der Waals surface area (Å²) in [5.41, 5.74) is 2.81. The Morgan fingerprint density at radius 3 is 1.57 bits per heavy atom. The van der Waals surface area contributed by atoms with Gasteiger partial charge in [-0.05, 0) is 37.2 Å². The predicted molar refractivity (Wildman–Crippen MR) is 93.8 cm³/mol. The van der Waals surface area contributed by atoms with Gasteiger partial charge in [0, 0.05) is 7.11 Å². The Bertz CT molecular complexity index is 558. The quantitative estimate of drug-likeness (QED) is 0.603.